The van der Waals surface area contributed by atoms with Crippen LogP contribution in [0.4, 0.5) is 0 Å². The lowest BCUT2D eigenvalue weighted by Gasteiger charge is -2.27. The Labute approximate surface area is 72.5 Å². The number of hydrogen-bond acceptors (Lipinski definition) is 2. The minimum atomic E-state index is 0.292. The molecule has 1 fully saturated rings. The van der Waals surface area contributed by atoms with Crippen LogP contribution in [-0.2, 0) is 4.74 Å². The highest BCUT2D eigenvalue weighted by molar-refractivity contribution is 5.72. The van der Waals surface area contributed by atoms with E-state index in [1.54, 1.807) is 0 Å². The lowest BCUT2D eigenvalue weighted by molar-refractivity contribution is 0.0667. The van der Waals surface area contributed by atoms with Crippen LogP contribution in [0.5, 0.6) is 0 Å². The van der Waals surface area contributed by atoms with Crippen molar-refractivity contribution in [3.63, 3.8) is 0 Å². The van der Waals surface area contributed by atoms with Gasteiger partial charge in [-0.1, -0.05) is 6.08 Å². The number of dihydropyridines is 1. The Bertz CT molecular complexity index is 195. The van der Waals surface area contributed by atoms with E-state index >= 15 is 0 Å². The fraction of sp³-hybridized carbons (Fsp3) is 0.667. The highest BCUT2D eigenvalue weighted by Crippen LogP contribution is 2.11. The topological polar surface area (TPSA) is 35.7 Å². The van der Waals surface area contributed by atoms with Crippen LogP contribution in [0.1, 0.15) is 6.42 Å². The van der Waals surface area contributed by atoms with Crippen molar-refractivity contribution in [2.75, 3.05) is 19.8 Å². The molecule has 3 nitrogen and oxygen atoms in total. The maximum absolute atomic E-state index is 5.34. The average Bonchev–Trinajstić information content (AvgIpc) is 2.21. The molecular formula is C9H13N2O. The zero-order valence-corrected chi connectivity index (χ0v) is 7.02. The first-order valence-electron chi connectivity index (χ1n) is 4.39. The number of allylic oxidation sites excluding steroid dienone is 1. The molecule has 2 aliphatic rings. The van der Waals surface area contributed by atoms with Crippen LogP contribution in [0.25, 0.3) is 0 Å². The summed E-state index contributed by atoms with van der Waals surface area (Å²) < 4.78 is 5.34. The van der Waals surface area contributed by atoms with Gasteiger partial charge in [0.15, 0.2) is 0 Å². The van der Waals surface area contributed by atoms with Gasteiger partial charge < -0.3 is 4.74 Å². The Hall–Kier alpha value is -0.670. The second kappa shape index (κ2) is 3.83. The van der Waals surface area contributed by atoms with E-state index in [0.29, 0.717) is 12.1 Å². The van der Waals surface area contributed by atoms with E-state index in [2.05, 4.69) is 16.4 Å². The van der Waals surface area contributed by atoms with Gasteiger partial charge in [-0.2, -0.15) is 0 Å². The number of rotatable bonds is 1. The van der Waals surface area contributed by atoms with Crippen molar-refractivity contribution in [1.29, 1.82) is 0 Å². The summed E-state index contributed by atoms with van der Waals surface area (Å²) in [6.45, 7) is 2.36. The summed E-state index contributed by atoms with van der Waals surface area (Å²) in [6, 6.07) is 0.621. The molecule has 2 rings (SSSR count). The van der Waals surface area contributed by atoms with Gasteiger partial charge in [-0.05, 0) is 12.5 Å². The zero-order valence-electron chi connectivity index (χ0n) is 7.02. The van der Waals surface area contributed by atoms with Gasteiger partial charge in [0.05, 0.1) is 25.3 Å². The van der Waals surface area contributed by atoms with Crippen molar-refractivity contribution in [2.24, 2.45) is 4.99 Å². The van der Waals surface area contributed by atoms with E-state index in [0.717, 1.165) is 26.2 Å². The van der Waals surface area contributed by atoms with Crippen LogP contribution in [0.15, 0.2) is 17.1 Å². The lowest BCUT2D eigenvalue weighted by atomic mass is 10.0. The standard InChI is InChI=1S/C9H13N2O/c1-2-4-10-8(3-1)9-7-12-6-5-11-9/h1-2,4,8-9H,3,5-7H2. The number of nitrogens with zero attached hydrogens (tertiary/aromatic N) is 2. The summed E-state index contributed by atoms with van der Waals surface area (Å²) >= 11 is 0. The van der Waals surface area contributed by atoms with Gasteiger partial charge in [0, 0.05) is 12.8 Å². The van der Waals surface area contributed by atoms with E-state index in [-0.39, 0.29) is 0 Å². The quantitative estimate of drug-likeness (QED) is 0.553. The monoisotopic (exact) mass is 165 g/mol. The van der Waals surface area contributed by atoms with Gasteiger partial charge in [-0.3, -0.25) is 4.99 Å². The van der Waals surface area contributed by atoms with Crippen LogP contribution >= 0.6 is 0 Å². The third-order valence-corrected chi connectivity index (χ3v) is 2.21. The summed E-state index contributed by atoms with van der Waals surface area (Å²) in [5.41, 5.74) is 0. The predicted molar refractivity (Wildman–Crippen MR) is 47.6 cm³/mol. The molecule has 0 N–H and O–H groups in total. The first kappa shape index (κ1) is 7.95. The molecule has 2 unspecified atom stereocenters. The van der Waals surface area contributed by atoms with Crippen LogP contribution in [-0.4, -0.2) is 38.1 Å². The molecule has 0 aliphatic carbocycles. The van der Waals surface area contributed by atoms with E-state index in [1.807, 2.05) is 12.3 Å². The van der Waals surface area contributed by atoms with E-state index < -0.39 is 0 Å². The van der Waals surface area contributed by atoms with Gasteiger partial charge in [0.2, 0.25) is 0 Å². The normalized spacial score (nSPS) is 35.3. The predicted octanol–water partition coefficient (Wildman–Crippen LogP) is 0.389. The van der Waals surface area contributed by atoms with Crippen LogP contribution in [0.2, 0.25) is 0 Å². The van der Waals surface area contributed by atoms with E-state index in [1.165, 1.54) is 0 Å². The maximum atomic E-state index is 5.34. The zero-order chi connectivity index (χ0) is 8.23. The second-order valence-corrected chi connectivity index (χ2v) is 3.08. The Kier molecular flexibility index (Phi) is 2.54. The number of morpholine rings is 1. The molecule has 2 heterocycles. The number of ether oxygens (including phenoxy) is 1. The van der Waals surface area contributed by atoms with Crippen molar-refractivity contribution in [1.82, 2.24) is 5.32 Å². The summed E-state index contributed by atoms with van der Waals surface area (Å²) in [5.74, 6) is 0. The molecule has 3 heteroatoms. The highest BCUT2D eigenvalue weighted by atomic mass is 16.5. The van der Waals surface area contributed by atoms with Crippen molar-refractivity contribution >= 4 is 6.21 Å². The number of hydrogen-bond donors (Lipinski definition) is 0. The SMILES string of the molecule is C1=CCC(C2COCC[N]2)N=C1. The molecule has 2 aliphatic heterocycles. The molecule has 65 valence electrons. The first-order chi connectivity index (χ1) is 5.97. The van der Waals surface area contributed by atoms with Crippen LogP contribution in [0, 0.1) is 0 Å². The van der Waals surface area contributed by atoms with Gasteiger partial charge >= 0.3 is 0 Å². The van der Waals surface area contributed by atoms with Crippen molar-refractivity contribution < 1.29 is 4.74 Å². The Morgan fingerprint density at radius 2 is 2.33 bits per heavy atom. The fourth-order valence-electron chi connectivity index (χ4n) is 1.53. The first-order valence-corrected chi connectivity index (χ1v) is 4.39. The summed E-state index contributed by atoms with van der Waals surface area (Å²) in [4.78, 5) is 4.37. The van der Waals surface area contributed by atoms with Gasteiger partial charge in [0.1, 0.15) is 0 Å². The Morgan fingerprint density at radius 3 is 3.00 bits per heavy atom. The highest BCUT2D eigenvalue weighted by Gasteiger charge is 2.23. The molecule has 1 radical (unpaired) electrons. The number of aliphatic imine (C=N–C) groups is 1. The molecule has 0 aromatic rings. The molecular weight excluding hydrogens is 152 g/mol. The molecule has 1 saturated heterocycles. The van der Waals surface area contributed by atoms with Gasteiger partial charge in [-0.15, -0.1) is 0 Å². The van der Waals surface area contributed by atoms with E-state index in [4.69, 9.17) is 4.74 Å². The van der Waals surface area contributed by atoms with Crippen molar-refractivity contribution in [3.8, 4) is 0 Å². The molecule has 12 heavy (non-hydrogen) atoms. The lowest BCUT2D eigenvalue weighted by Crippen LogP contribution is -2.43. The third-order valence-electron chi connectivity index (χ3n) is 2.21. The minimum Gasteiger partial charge on any atom is -0.378 e. The van der Waals surface area contributed by atoms with Crippen molar-refractivity contribution in [3.05, 3.63) is 12.2 Å². The van der Waals surface area contributed by atoms with Crippen molar-refractivity contribution in [2.45, 2.75) is 18.5 Å². The van der Waals surface area contributed by atoms with Crippen LogP contribution < -0.4 is 5.32 Å². The Balaban J connectivity index is 1.90. The summed E-state index contributed by atoms with van der Waals surface area (Å²) in [6.07, 6.45) is 6.99. The third kappa shape index (κ3) is 1.73. The average molecular weight is 165 g/mol. The second-order valence-electron chi connectivity index (χ2n) is 3.08. The van der Waals surface area contributed by atoms with Crippen LogP contribution in [0.3, 0.4) is 0 Å². The van der Waals surface area contributed by atoms with Gasteiger partial charge in [0.25, 0.3) is 0 Å². The maximum Gasteiger partial charge on any atom is 0.0725 e. The van der Waals surface area contributed by atoms with E-state index in [9.17, 15) is 0 Å². The molecule has 0 saturated carbocycles. The smallest absolute Gasteiger partial charge is 0.0725 e. The van der Waals surface area contributed by atoms with Gasteiger partial charge in [-0.25, -0.2) is 5.32 Å². The molecule has 0 amide bonds. The largest absolute Gasteiger partial charge is 0.378 e. The fourth-order valence-corrected chi connectivity index (χ4v) is 1.53. The summed E-state index contributed by atoms with van der Waals surface area (Å²) in [5, 5.41) is 4.48. The molecule has 2 atom stereocenters. The summed E-state index contributed by atoms with van der Waals surface area (Å²) in [7, 11) is 0. The minimum absolute atomic E-state index is 0.292. The molecule has 0 aromatic carbocycles. The molecule has 0 spiro atoms. The Morgan fingerprint density at radius 1 is 1.33 bits per heavy atom. The molecule has 0 aromatic heterocycles. The molecule has 0 bridgehead atoms.